The molecule has 6 rings (SSSR count). The number of ether oxygens (including phenoxy) is 2. The van der Waals surface area contributed by atoms with E-state index in [-0.39, 0.29) is 57.9 Å². The second-order valence-corrected chi connectivity index (χ2v) is 11.1. The predicted octanol–water partition coefficient (Wildman–Crippen LogP) is 2.70. The van der Waals surface area contributed by atoms with E-state index in [0.29, 0.717) is 19.3 Å². The maximum atomic E-state index is 13.1. The van der Waals surface area contributed by atoms with E-state index in [1.165, 1.54) is 0 Å². The first-order valence-corrected chi connectivity index (χ1v) is 11.6. The summed E-state index contributed by atoms with van der Waals surface area (Å²) in [6.07, 6.45) is 7.86. The Kier molecular flexibility index (Phi) is 3.53. The van der Waals surface area contributed by atoms with Crippen LogP contribution in [0.5, 0.6) is 0 Å². The number of carbonyl (C=O) groups excluding carboxylic acids is 3. The molecule has 5 fully saturated rings. The lowest BCUT2D eigenvalue weighted by molar-refractivity contribution is -0.167. The fraction of sp³-hybridized carbons (Fsp3) is 0.792. The summed E-state index contributed by atoms with van der Waals surface area (Å²) in [6, 6.07) is 0. The van der Waals surface area contributed by atoms with Gasteiger partial charge in [0, 0.05) is 42.6 Å². The zero-order valence-electron chi connectivity index (χ0n) is 18.1. The van der Waals surface area contributed by atoms with E-state index < -0.39 is 5.60 Å². The van der Waals surface area contributed by atoms with Crippen molar-refractivity contribution in [2.24, 2.45) is 28.6 Å². The highest BCUT2D eigenvalue weighted by atomic mass is 16.6. The number of nitrogens with one attached hydrogen (secondary N) is 1. The molecule has 8 atom stereocenters. The van der Waals surface area contributed by atoms with Crippen molar-refractivity contribution in [2.45, 2.75) is 82.5 Å². The van der Waals surface area contributed by atoms with E-state index in [1.54, 1.807) is 7.05 Å². The fourth-order valence-corrected chi connectivity index (χ4v) is 8.75. The van der Waals surface area contributed by atoms with Crippen molar-refractivity contribution < 1.29 is 23.9 Å². The molecule has 0 aromatic rings. The summed E-state index contributed by atoms with van der Waals surface area (Å²) in [5.41, 5.74) is -0.0188. The first-order valence-electron chi connectivity index (χ1n) is 11.6. The molecule has 162 valence electrons. The number of ketones is 1. The summed E-state index contributed by atoms with van der Waals surface area (Å²) in [7, 11) is 1.70. The lowest BCUT2D eigenvalue weighted by Gasteiger charge is -2.58. The summed E-state index contributed by atoms with van der Waals surface area (Å²) in [5, 5.41) is 2.89. The maximum Gasteiger partial charge on any atom is 0.306 e. The number of rotatable bonds is 1. The van der Waals surface area contributed by atoms with Gasteiger partial charge in [-0.1, -0.05) is 19.4 Å². The zero-order chi connectivity index (χ0) is 21.1. The van der Waals surface area contributed by atoms with E-state index in [0.717, 1.165) is 37.7 Å². The Bertz CT molecular complexity index is 911. The SMILES string of the molecule is CNC(=O)[C@@H]1CC2=CC(=O)CC[C@]2(C)[C@@]23O[C@H]2C[C@@]2(C)C(CC[C@@]24CCC(=O)O4)C13. The molecule has 0 radical (unpaired) electrons. The third kappa shape index (κ3) is 1.94. The zero-order valence-corrected chi connectivity index (χ0v) is 18.1. The highest BCUT2D eigenvalue weighted by Crippen LogP contribution is 2.78. The normalized spacial score (nSPS) is 53.2. The second kappa shape index (κ2) is 5.56. The largest absolute Gasteiger partial charge is 0.458 e. The maximum absolute atomic E-state index is 13.1. The third-order valence-corrected chi connectivity index (χ3v) is 10.3. The Morgan fingerprint density at radius 1 is 1.17 bits per heavy atom. The minimum Gasteiger partial charge on any atom is -0.458 e. The molecule has 2 heterocycles. The fourth-order valence-electron chi connectivity index (χ4n) is 8.75. The molecule has 2 aliphatic heterocycles. The standard InChI is InChI=1S/C24H31NO5/c1-21-7-4-14(26)10-13(21)11-15(20(28)25-3)19-16-5-8-23(9-6-18(27)30-23)22(16,2)12-17-24(19,21)29-17/h10,15-17,19H,4-9,11-12H2,1-3H3,(H,25,28)/t15-,16?,17+,19?,21+,22+,23-,24-/m1/s1. The average Bonchev–Trinajstić information content (AvgIpc) is 3.20. The van der Waals surface area contributed by atoms with Crippen molar-refractivity contribution in [1.29, 1.82) is 0 Å². The Hall–Kier alpha value is -1.69. The van der Waals surface area contributed by atoms with Gasteiger partial charge in [0.05, 0.1) is 6.10 Å². The summed E-state index contributed by atoms with van der Waals surface area (Å²) < 4.78 is 12.7. The molecule has 6 nitrogen and oxygen atoms in total. The number of amides is 1. The molecular formula is C24H31NO5. The quantitative estimate of drug-likeness (QED) is 0.528. The number of fused-ring (bicyclic) bond motifs is 4. The van der Waals surface area contributed by atoms with Crippen molar-refractivity contribution in [3.63, 3.8) is 0 Å². The summed E-state index contributed by atoms with van der Waals surface area (Å²) in [6.45, 7) is 4.55. The summed E-state index contributed by atoms with van der Waals surface area (Å²) >= 11 is 0. The van der Waals surface area contributed by atoms with Gasteiger partial charge in [-0.25, -0.2) is 0 Å². The highest BCUT2D eigenvalue weighted by Gasteiger charge is 2.83. The van der Waals surface area contributed by atoms with Crippen molar-refractivity contribution in [2.75, 3.05) is 7.05 Å². The van der Waals surface area contributed by atoms with Crippen molar-refractivity contribution in [3.05, 3.63) is 11.6 Å². The lowest BCUT2D eigenvalue weighted by atomic mass is 9.43. The number of epoxide rings is 1. The predicted molar refractivity (Wildman–Crippen MR) is 107 cm³/mol. The highest BCUT2D eigenvalue weighted by molar-refractivity contribution is 5.92. The molecule has 1 N–H and O–H groups in total. The van der Waals surface area contributed by atoms with Crippen LogP contribution < -0.4 is 5.32 Å². The topological polar surface area (TPSA) is 85.0 Å². The van der Waals surface area contributed by atoms with Gasteiger partial charge in [-0.2, -0.15) is 0 Å². The van der Waals surface area contributed by atoms with Crippen LogP contribution in [0.3, 0.4) is 0 Å². The van der Waals surface area contributed by atoms with Crippen LogP contribution in [0, 0.1) is 28.6 Å². The van der Waals surface area contributed by atoms with E-state index in [4.69, 9.17) is 9.47 Å². The second-order valence-electron chi connectivity index (χ2n) is 11.1. The van der Waals surface area contributed by atoms with Crippen molar-refractivity contribution >= 4 is 17.7 Å². The van der Waals surface area contributed by atoms with Gasteiger partial charge in [-0.05, 0) is 50.5 Å². The minimum absolute atomic E-state index is 0.0446. The Morgan fingerprint density at radius 2 is 1.97 bits per heavy atom. The van der Waals surface area contributed by atoms with Gasteiger partial charge in [0.2, 0.25) is 5.91 Å². The van der Waals surface area contributed by atoms with Gasteiger partial charge >= 0.3 is 5.97 Å². The average molecular weight is 414 g/mol. The molecule has 3 saturated carbocycles. The third-order valence-electron chi connectivity index (χ3n) is 10.3. The molecule has 2 unspecified atom stereocenters. The Morgan fingerprint density at radius 3 is 2.67 bits per heavy atom. The smallest absolute Gasteiger partial charge is 0.306 e. The van der Waals surface area contributed by atoms with Crippen LogP contribution in [-0.4, -0.2) is 42.0 Å². The molecular weight excluding hydrogens is 382 g/mol. The van der Waals surface area contributed by atoms with E-state index in [1.807, 2.05) is 6.08 Å². The van der Waals surface area contributed by atoms with Crippen LogP contribution in [0.4, 0.5) is 0 Å². The number of hydrogen-bond acceptors (Lipinski definition) is 5. The number of carbonyl (C=O) groups is 3. The van der Waals surface area contributed by atoms with Gasteiger partial charge in [-0.15, -0.1) is 0 Å². The Labute approximate surface area is 177 Å². The van der Waals surface area contributed by atoms with E-state index in [9.17, 15) is 14.4 Å². The first-order chi connectivity index (χ1) is 14.2. The molecule has 1 amide bonds. The van der Waals surface area contributed by atoms with Crippen LogP contribution in [0.15, 0.2) is 11.6 Å². The molecule has 0 aromatic heterocycles. The van der Waals surface area contributed by atoms with Crippen LogP contribution in [0.1, 0.15) is 65.2 Å². The summed E-state index contributed by atoms with van der Waals surface area (Å²) in [4.78, 5) is 37.5. The Balaban J connectivity index is 1.49. The monoisotopic (exact) mass is 413 g/mol. The van der Waals surface area contributed by atoms with Crippen LogP contribution in [0.25, 0.3) is 0 Å². The van der Waals surface area contributed by atoms with Gasteiger partial charge in [0.25, 0.3) is 0 Å². The molecule has 30 heavy (non-hydrogen) atoms. The van der Waals surface area contributed by atoms with E-state index in [2.05, 4.69) is 19.2 Å². The van der Waals surface area contributed by atoms with Gasteiger partial charge in [0.15, 0.2) is 5.78 Å². The first kappa shape index (κ1) is 19.0. The minimum atomic E-state index is -0.403. The molecule has 0 aromatic carbocycles. The summed E-state index contributed by atoms with van der Waals surface area (Å²) in [5.74, 6) is 0.296. The van der Waals surface area contributed by atoms with Gasteiger partial charge in [0.1, 0.15) is 11.2 Å². The van der Waals surface area contributed by atoms with Crippen LogP contribution >= 0.6 is 0 Å². The van der Waals surface area contributed by atoms with Gasteiger partial charge < -0.3 is 14.8 Å². The van der Waals surface area contributed by atoms with Crippen molar-refractivity contribution in [3.8, 4) is 0 Å². The number of hydrogen-bond donors (Lipinski definition) is 1. The van der Waals surface area contributed by atoms with Crippen LogP contribution in [-0.2, 0) is 23.9 Å². The number of esters is 1. The lowest BCUT2D eigenvalue weighted by Crippen LogP contribution is -2.63. The van der Waals surface area contributed by atoms with Crippen LogP contribution in [0.2, 0.25) is 0 Å². The molecule has 4 aliphatic carbocycles. The molecule has 6 heteroatoms. The van der Waals surface area contributed by atoms with Crippen molar-refractivity contribution in [1.82, 2.24) is 5.32 Å². The molecule has 6 aliphatic rings. The molecule has 0 bridgehead atoms. The molecule has 2 saturated heterocycles. The van der Waals surface area contributed by atoms with E-state index >= 15 is 0 Å². The molecule has 2 spiro atoms. The van der Waals surface area contributed by atoms with Gasteiger partial charge in [-0.3, -0.25) is 14.4 Å².